The van der Waals surface area contributed by atoms with E-state index in [0.717, 1.165) is 24.1 Å². The normalized spacial score (nSPS) is 17.5. The van der Waals surface area contributed by atoms with Gasteiger partial charge in [0.2, 0.25) is 11.8 Å². The van der Waals surface area contributed by atoms with Crippen LogP contribution in [0.5, 0.6) is 5.75 Å². The van der Waals surface area contributed by atoms with Gasteiger partial charge in [-0.1, -0.05) is 42.5 Å². The summed E-state index contributed by atoms with van der Waals surface area (Å²) in [5.74, 6) is -1.91. The van der Waals surface area contributed by atoms with Crippen LogP contribution in [0, 0.1) is 0 Å². The van der Waals surface area contributed by atoms with Crippen molar-refractivity contribution in [1.29, 1.82) is 0 Å². The summed E-state index contributed by atoms with van der Waals surface area (Å²) >= 11 is 0. The standard InChI is InChI=1S/C23H27N3O5/c27-17-10-8-16(9-11-17)13-19(25-21(28)18-7-4-12-24-18)22(29)26-20(23(30)31)14-15-5-2-1-3-6-15/h1-3,5-6,8-11,18-20,24,27H,4,7,12-14H2,(H,25,28)(H,26,29)(H,30,31)/t18-,19-,20-/m0/s1. The third-order valence-corrected chi connectivity index (χ3v) is 5.28. The molecule has 1 saturated heterocycles. The highest BCUT2D eigenvalue weighted by Gasteiger charge is 2.30. The monoisotopic (exact) mass is 425 g/mol. The number of aromatic hydroxyl groups is 1. The van der Waals surface area contributed by atoms with E-state index in [1.807, 2.05) is 6.07 Å². The first kappa shape index (κ1) is 22.3. The largest absolute Gasteiger partial charge is 0.508 e. The maximum atomic E-state index is 13.0. The quantitative estimate of drug-likeness (QED) is 0.408. The molecule has 2 aromatic carbocycles. The van der Waals surface area contributed by atoms with E-state index >= 15 is 0 Å². The van der Waals surface area contributed by atoms with Gasteiger partial charge < -0.3 is 26.2 Å². The van der Waals surface area contributed by atoms with E-state index in [-0.39, 0.29) is 30.5 Å². The lowest BCUT2D eigenvalue weighted by Gasteiger charge is -2.23. The van der Waals surface area contributed by atoms with Crippen molar-refractivity contribution in [3.63, 3.8) is 0 Å². The number of phenolic OH excluding ortho intramolecular Hbond substituents is 1. The van der Waals surface area contributed by atoms with Gasteiger partial charge in [-0.2, -0.15) is 0 Å². The Balaban J connectivity index is 1.73. The number of aliphatic carboxylic acids is 1. The Morgan fingerprint density at radius 1 is 0.935 bits per heavy atom. The van der Waals surface area contributed by atoms with Crippen LogP contribution < -0.4 is 16.0 Å². The van der Waals surface area contributed by atoms with Gasteiger partial charge in [-0.3, -0.25) is 9.59 Å². The van der Waals surface area contributed by atoms with Crippen LogP contribution in [0.15, 0.2) is 54.6 Å². The molecule has 8 heteroatoms. The van der Waals surface area contributed by atoms with Gasteiger partial charge in [0, 0.05) is 12.8 Å². The molecule has 0 radical (unpaired) electrons. The van der Waals surface area contributed by atoms with Crippen molar-refractivity contribution in [2.24, 2.45) is 0 Å². The molecule has 0 aromatic heterocycles. The van der Waals surface area contributed by atoms with Crippen LogP contribution in [0.1, 0.15) is 24.0 Å². The minimum Gasteiger partial charge on any atom is -0.508 e. The molecule has 2 amide bonds. The molecular weight excluding hydrogens is 398 g/mol. The Labute approximate surface area is 180 Å². The Kier molecular flexibility index (Phi) is 7.61. The molecule has 1 heterocycles. The summed E-state index contributed by atoms with van der Waals surface area (Å²) in [4.78, 5) is 37.4. The van der Waals surface area contributed by atoms with Crippen molar-refractivity contribution in [2.75, 3.05) is 6.54 Å². The van der Waals surface area contributed by atoms with Gasteiger partial charge in [0.05, 0.1) is 6.04 Å². The molecule has 31 heavy (non-hydrogen) atoms. The first-order chi connectivity index (χ1) is 14.9. The van der Waals surface area contributed by atoms with E-state index in [4.69, 9.17) is 0 Å². The number of amides is 2. The summed E-state index contributed by atoms with van der Waals surface area (Å²) < 4.78 is 0. The van der Waals surface area contributed by atoms with Gasteiger partial charge >= 0.3 is 5.97 Å². The van der Waals surface area contributed by atoms with E-state index in [1.165, 1.54) is 12.1 Å². The molecule has 0 saturated carbocycles. The second kappa shape index (κ2) is 10.6. The molecule has 3 atom stereocenters. The summed E-state index contributed by atoms with van der Waals surface area (Å²) in [5, 5.41) is 27.5. The lowest BCUT2D eigenvalue weighted by atomic mass is 10.0. The molecule has 8 nitrogen and oxygen atoms in total. The second-order valence-electron chi connectivity index (χ2n) is 7.67. The molecule has 0 unspecified atom stereocenters. The average Bonchev–Trinajstić information content (AvgIpc) is 3.30. The highest BCUT2D eigenvalue weighted by atomic mass is 16.4. The lowest BCUT2D eigenvalue weighted by Crippen LogP contribution is -2.55. The highest BCUT2D eigenvalue weighted by Crippen LogP contribution is 2.13. The number of carboxylic acid groups (broad SMARTS) is 1. The minimum atomic E-state index is -1.15. The Morgan fingerprint density at radius 2 is 1.58 bits per heavy atom. The van der Waals surface area contributed by atoms with Crippen molar-refractivity contribution in [2.45, 2.75) is 43.8 Å². The van der Waals surface area contributed by atoms with Crippen LogP contribution >= 0.6 is 0 Å². The smallest absolute Gasteiger partial charge is 0.326 e. The maximum Gasteiger partial charge on any atom is 0.326 e. The van der Waals surface area contributed by atoms with Gasteiger partial charge in [0.25, 0.3) is 0 Å². The predicted octanol–water partition coefficient (Wildman–Crippen LogP) is 0.984. The van der Waals surface area contributed by atoms with Crippen molar-refractivity contribution in [3.8, 4) is 5.75 Å². The van der Waals surface area contributed by atoms with Crippen LogP contribution in [0.2, 0.25) is 0 Å². The summed E-state index contributed by atoms with van der Waals surface area (Å²) in [6.07, 6.45) is 1.87. The van der Waals surface area contributed by atoms with Crippen LogP contribution in [0.3, 0.4) is 0 Å². The van der Waals surface area contributed by atoms with E-state index in [0.29, 0.717) is 6.42 Å². The van der Waals surface area contributed by atoms with Crippen LogP contribution in [0.25, 0.3) is 0 Å². The topological polar surface area (TPSA) is 128 Å². The number of nitrogens with one attached hydrogen (secondary N) is 3. The van der Waals surface area contributed by atoms with E-state index < -0.39 is 24.0 Å². The Hall–Kier alpha value is -3.39. The molecule has 164 valence electrons. The third-order valence-electron chi connectivity index (χ3n) is 5.28. The first-order valence-corrected chi connectivity index (χ1v) is 10.3. The molecule has 0 bridgehead atoms. The summed E-state index contributed by atoms with van der Waals surface area (Å²) in [7, 11) is 0. The van der Waals surface area contributed by atoms with Crippen LogP contribution in [-0.2, 0) is 27.2 Å². The van der Waals surface area contributed by atoms with Gasteiger partial charge in [-0.25, -0.2) is 4.79 Å². The zero-order valence-electron chi connectivity index (χ0n) is 17.1. The Morgan fingerprint density at radius 3 is 2.19 bits per heavy atom. The summed E-state index contributed by atoms with van der Waals surface area (Å²) in [6.45, 7) is 0.741. The maximum absolute atomic E-state index is 13.0. The zero-order chi connectivity index (χ0) is 22.2. The average molecular weight is 425 g/mol. The second-order valence-corrected chi connectivity index (χ2v) is 7.67. The van der Waals surface area contributed by atoms with Crippen molar-refractivity contribution < 1.29 is 24.6 Å². The van der Waals surface area contributed by atoms with Gasteiger partial charge in [0.15, 0.2) is 0 Å². The molecule has 5 N–H and O–H groups in total. The van der Waals surface area contributed by atoms with Crippen LogP contribution in [-0.4, -0.2) is 52.7 Å². The first-order valence-electron chi connectivity index (χ1n) is 10.3. The van der Waals surface area contributed by atoms with Crippen molar-refractivity contribution in [1.82, 2.24) is 16.0 Å². The number of hydrogen-bond acceptors (Lipinski definition) is 5. The van der Waals surface area contributed by atoms with Gasteiger partial charge in [-0.05, 0) is 42.6 Å². The molecular formula is C23H27N3O5. The third kappa shape index (κ3) is 6.55. The number of carboxylic acids is 1. The molecule has 1 aliphatic rings. The SMILES string of the molecule is O=C(O)[C@H](Cc1ccccc1)NC(=O)[C@H](Cc1ccc(O)cc1)NC(=O)[C@@H]1CCCN1. The number of phenols is 1. The molecule has 2 aromatic rings. The fourth-order valence-corrected chi connectivity index (χ4v) is 3.58. The van der Waals surface area contributed by atoms with Gasteiger partial charge in [0.1, 0.15) is 17.8 Å². The fraction of sp³-hybridized carbons (Fsp3) is 0.348. The number of carbonyl (C=O) groups is 3. The molecule has 0 aliphatic carbocycles. The summed E-state index contributed by atoms with van der Waals surface area (Å²) in [6, 6.07) is 12.9. The number of benzene rings is 2. The predicted molar refractivity (Wildman–Crippen MR) is 114 cm³/mol. The van der Waals surface area contributed by atoms with Crippen LogP contribution in [0.4, 0.5) is 0 Å². The molecule has 1 fully saturated rings. The van der Waals surface area contributed by atoms with Gasteiger partial charge in [-0.15, -0.1) is 0 Å². The number of rotatable bonds is 9. The number of carbonyl (C=O) groups excluding carboxylic acids is 2. The molecule has 3 rings (SSSR count). The molecule has 1 aliphatic heterocycles. The van der Waals surface area contributed by atoms with Crippen molar-refractivity contribution in [3.05, 3.63) is 65.7 Å². The molecule has 0 spiro atoms. The number of hydrogen-bond donors (Lipinski definition) is 5. The van der Waals surface area contributed by atoms with E-state index in [9.17, 15) is 24.6 Å². The van der Waals surface area contributed by atoms with Crippen molar-refractivity contribution >= 4 is 17.8 Å². The zero-order valence-corrected chi connectivity index (χ0v) is 17.1. The minimum absolute atomic E-state index is 0.0951. The van der Waals surface area contributed by atoms with E-state index in [2.05, 4.69) is 16.0 Å². The summed E-state index contributed by atoms with van der Waals surface area (Å²) in [5.41, 5.74) is 1.51. The van der Waals surface area contributed by atoms with E-state index in [1.54, 1.807) is 36.4 Å². The Bertz CT molecular complexity index is 895. The lowest BCUT2D eigenvalue weighted by molar-refractivity contribution is -0.142. The fourth-order valence-electron chi connectivity index (χ4n) is 3.58. The highest BCUT2D eigenvalue weighted by molar-refractivity contribution is 5.92.